The van der Waals surface area contributed by atoms with E-state index < -0.39 is 18.0 Å². The van der Waals surface area contributed by atoms with Gasteiger partial charge >= 0.3 is 6.36 Å². The molecular weight excluding hydrogens is 349 g/mol. The number of hydrogen-bond acceptors (Lipinski definition) is 3. The zero-order valence-corrected chi connectivity index (χ0v) is 13.6. The summed E-state index contributed by atoms with van der Waals surface area (Å²) in [5.74, 6) is -1.17. The molecule has 0 aliphatic heterocycles. The number of halogens is 3. The summed E-state index contributed by atoms with van der Waals surface area (Å²) in [7, 11) is 1.52. The Morgan fingerprint density at radius 2 is 1.77 bits per heavy atom. The molecule has 0 atom stereocenters. The van der Waals surface area contributed by atoms with E-state index in [-0.39, 0.29) is 11.6 Å². The van der Waals surface area contributed by atoms with Crippen molar-refractivity contribution < 1.29 is 27.5 Å². The molecule has 2 amide bonds. The third kappa shape index (κ3) is 5.97. The van der Waals surface area contributed by atoms with E-state index in [4.69, 9.17) is 0 Å². The summed E-state index contributed by atoms with van der Waals surface area (Å²) >= 11 is 0. The Balaban J connectivity index is 1.99. The van der Waals surface area contributed by atoms with Gasteiger partial charge in [0.2, 0.25) is 5.91 Å². The van der Waals surface area contributed by atoms with E-state index in [0.29, 0.717) is 11.1 Å². The van der Waals surface area contributed by atoms with Crippen LogP contribution >= 0.6 is 0 Å². The Labute approximate surface area is 147 Å². The Morgan fingerprint density at radius 3 is 2.38 bits per heavy atom. The van der Waals surface area contributed by atoms with E-state index in [1.165, 1.54) is 31.3 Å². The minimum Gasteiger partial charge on any atom is -0.406 e. The predicted molar refractivity (Wildman–Crippen MR) is 90.6 cm³/mol. The molecule has 0 saturated carbocycles. The summed E-state index contributed by atoms with van der Waals surface area (Å²) in [6.07, 6.45) is -2.06. The number of rotatable bonds is 5. The van der Waals surface area contributed by atoms with E-state index in [0.717, 1.165) is 12.1 Å². The van der Waals surface area contributed by atoms with Crippen molar-refractivity contribution in [1.29, 1.82) is 0 Å². The van der Waals surface area contributed by atoms with Crippen molar-refractivity contribution in [3.05, 3.63) is 65.7 Å². The van der Waals surface area contributed by atoms with E-state index in [1.807, 2.05) is 0 Å². The first kappa shape index (κ1) is 19.0. The summed E-state index contributed by atoms with van der Waals surface area (Å²) in [5.41, 5.74) is 1.33. The van der Waals surface area contributed by atoms with E-state index in [1.54, 1.807) is 24.3 Å². The molecule has 0 saturated heterocycles. The second kappa shape index (κ2) is 8.19. The lowest BCUT2D eigenvalue weighted by molar-refractivity contribution is -0.274. The fourth-order valence-corrected chi connectivity index (χ4v) is 2.02. The van der Waals surface area contributed by atoms with Crippen molar-refractivity contribution in [3.8, 4) is 5.75 Å². The number of anilines is 1. The molecule has 0 aromatic heterocycles. The maximum Gasteiger partial charge on any atom is 0.573 e. The number of nitrogens with one attached hydrogen (secondary N) is 2. The SMILES string of the molecule is CNC(=O)c1ccc(/C=C/C(=O)Nc2cccc(OC(F)(F)F)c2)cc1. The largest absolute Gasteiger partial charge is 0.573 e. The quantitative estimate of drug-likeness (QED) is 0.797. The van der Waals surface area contributed by atoms with Crippen molar-refractivity contribution in [2.45, 2.75) is 6.36 Å². The van der Waals surface area contributed by atoms with Gasteiger partial charge in [-0.25, -0.2) is 0 Å². The van der Waals surface area contributed by atoms with E-state index in [2.05, 4.69) is 15.4 Å². The summed E-state index contributed by atoms with van der Waals surface area (Å²) < 4.78 is 40.4. The van der Waals surface area contributed by atoms with Crippen LogP contribution in [0.3, 0.4) is 0 Å². The smallest absolute Gasteiger partial charge is 0.406 e. The average Bonchev–Trinajstić information content (AvgIpc) is 2.58. The second-order valence-electron chi connectivity index (χ2n) is 5.10. The molecule has 5 nitrogen and oxygen atoms in total. The molecule has 26 heavy (non-hydrogen) atoms. The van der Waals surface area contributed by atoms with Gasteiger partial charge in [-0.15, -0.1) is 13.2 Å². The summed E-state index contributed by atoms with van der Waals surface area (Å²) in [5, 5.41) is 4.94. The van der Waals surface area contributed by atoms with E-state index in [9.17, 15) is 22.8 Å². The first-order valence-electron chi connectivity index (χ1n) is 7.44. The lowest BCUT2D eigenvalue weighted by Crippen LogP contribution is -2.17. The minimum atomic E-state index is -4.80. The molecule has 0 aliphatic rings. The van der Waals surface area contributed by atoms with Crippen LogP contribution in [0.5, 0.6) is 5.75 Å². The summed E-state index contributed by atoms with van der Waals surface area (Å²) in [6.45, 7) is 0. The monoisotopic (exact) mass is 364 g/mol. The van der Waals surface area contributed by atoms with Crippen LogP contribution in [-0.2, 0) is 4.79 Å². The van der Waals surface area contributed by atoms with Crippen molar-refractivity contribution >= 4 is 23.6 Å². The molecular formula is C18H15F3N2O3. The topological polar surface area (TPSA) is 67.4 Å². The first-order valence-corrected chi connectivity index (χ1v) is 7.44. The molecule has 0 bridgehead atoms. The standard InChI is InChI=1S/C18H15F3N2O3/c1-22-17(25)13-8-5-12(6-9-13)7-10-16(24)23-14-3-2-4-15(11-14)26-18(19,20)21/h2-11H,1H3,(H,22,25)(H,23,24)/b10-7+. The molecule has 2 aromatic rings. The highest BCUT2D eigenvalue weighted by Gasteiger charge is 2.31. The number of ether oxygens (including phenoxy) is 1. The molecule has 0 spiro atoms. The zero-order valence-electron chi connectivity index (χ0n) is 13.6. The zero-order chi connectivity index (χ0) is 19.2. The molecule has 2 N–H and O–H groups in total. The van der Waals surface area contributed by atoms with Crippen molar-refractivity contribution in [1.82, 2.24) is 5.32 Å². The molecule has 0 aliphatic carbocycles. The van der Waals surface area contributed by atoms with Crippen LogP contribution in [0, 0.1) is 0 Å². The normalized spacial score (nSPS) is 11.2. The Hall–Kier alpha value is -3.29. The first-order chi connectivity index (χ1) is 12.3. The molecule has 2 aromatic carbocycles. The van der Waals surface area contributed by atoms with Crippen molar-refractivity contribution in [2.75, 3.05) is 12.4 Å². The van der Waals surface area contributed by atoms with Gasteiger partial charge < -0.3 is 15.4 Å². The number of carbonyl (C=O) groups is 2. The third-order valence-corrected chi connectivity index (χ3v) is 3.16. The van der Waals surface area contributed by atoms with Crippen molar-refractivity contribution in [3.63, 3.8) is 0 Å². The number of amides is 2. The highest BCUT2D eigenvalue weighted by molar-refractivity contribution is 6.02. The van der Waals surface area contributed by atoms with Crippen LogP contribution in [0.4, 0.5) is 18.9 Å². The molecule has 8 heteroatoms. The highest BCUT2D eigenvalue weighted by atomic mass is 19.4. The fraction of sp³-hybridized carbons (Fsp3) is 0.111. The van der Waals surface area contributed by atoms with E-state index >= 15 is 0 Å². The lowest BCUT2D eigenvalue weighted by Gasteiger charge is -2.10. The van der Waals surface area contributed by atoms with Gasteiger partial charge in [0.15, 0.2) is 0 Å². The Bertz CT molecular complexity index is 815. The van der Waals surface area contributed by atoms with Gasteiger partial charge in [0, 0.05) is 30.4 Å². The number of carbonyl (C=O) groups excluding carboxylic acids is 2. The van der Waals surface area contributed by atoms with Gasteiger partial charge in [-0.2, -0.15) is 0 Å². The van der Waals surface area contributed by atoms with Crippen LogP contribution < -0.4 is 15.4 Å². The minimum absolute atomic E-state index is 0.163. The molecule has 0 heterocycles. The lowest BCUT2D eigenvalue weighted by atomic mass is 10.1. The number of benzene rings is 2. The van der Waals surface area contributed by atoms with Crippen molar-refractivity contribution in [2.24, 2.45) is 0 Å². The van der Waals surface area contributed by atoms with Gasteiger partial charge in [0.25, 0.3) is 5.91 Å². The number of alkyl halides is 3. The van der Waals surface area contributed by atoms with Crippen LogP contribution in [0.15, 0.2) is 54.6 Å². The molecule has 0 radical (unpaired) electrons. The molecule has 2 rings (SSSR count). The van der Waals surface area contributed by atoms with Crippen LogP contribution in [0.2, 0.25) is 0 Å². The number of hydrogen-bond donors (Lipinski definition) is 2. The van der Waals surface area contributed by atoms with Crippen LogP contribution in [0.25, 0.3) is 6.08 Å². The second-order valence-corrected chi connectivity index (χ2v) is 5.10. The summed E-state index contributed by atoms with van der Waals surface area (Å²) in [6, 6.07) is 11.5. The fourth-order valence-electron chi connectivity index (χ4n) is 2.02. The maximum absolute atomic E-state index is 12.2. The third-order valence-electron chi connectivity index (χ3n) is 3.16. The van der Waals surface area contributed by atoms with Gasteiger partial charge in [-0.05, 0) is 35.9 Å². The Morgan fingerprint density at radius 1 is 1.08 bits per heavy atom. The Kier molecular flexibility index (Phi) is 6.00. The maximum atomic E-state index is 12.2. The van der Waals surface area contributed by atoms with Gasteiger partial charge in [0.1, 0.15) is 5.75 Å². The molecule has 0 unspecified atom stereocenters. The average molecular weight is 364 g/mol. The predicted octanol–water partition coefficient (Wildman–Crippen LogP) is 3.60. The van der Waals surface area contributed by atoms with Gasteiger partial charge in [-0.3, -0.25) is 9.59 Å². The highest BCUT2D eigenvalue weighted by Crippen LogP contribution is 2.25. The van der Waals surface area contributed by atoms with Gasteiger partial charge in [0.05, 0.1) is 0 Å². The summed E-state index contributed by atoms with van der Waals surface area (Å²) in [4.78, 5) is 23.3. The van der Waals surface area contributed by atoms with Crippen LogP contribution in [-0.4, -0.2) is 25.2 Å². The molecule has 0 fully saturated rings. The van der Waals surface area contributed by atoms with Gasteiger partial charge in [-0.1, -0.05) is 18.2 Å². The van der Waals surface area contributed by atoms with Crippen LogP contribution in [0.1, 0.15) is 15.9 Å². The molecule has 136 valence electrons.